The highest BCUT2D eigenvalue weighted by Gasteiger charge is 2.04. The summed E-state index contributed by atoms with van der Waals surface area (Å²) in [6.07, 6.45) is 2.42. The van der Waals surface area contributed by atoms with E-state index in [2.05, 4.69) is 43.1 Å². The van der Waals surface area contributed by atoms with Crippen LogP contribution in [0.3, 0.4) is 0 Å². The number of nitrogens with zero attached hydrogens (tertiary/aromatic N) is 2. The third-order valence-electron chi connectivity index (χ3n) is 3.72. The van der Waals surface area contributed by atoms with Gasteiger partial charge in [0.05, 0.1) is 11.6 Å². The zero-order chi connectivity index (χ0) is 14.8. The second kappa shape index (κ2) is 9.52. The van der Waals surface area contributed by atoms with Crippen LogP contribution in [0.15, 0.2) is 24.3 Å². The van der Waals surface area contributed by atoms with Crippen molar-refractivity contribution >= 4 is 0 Å². The smallest absolute Gasteiger partial charge is 0.0991 e. The Bertz CT molecular complexity index is 418. The highest BCUT2D eigenvalue weighted by atomic mass is 15.1. The molecule has 110 valence electrons. The van der Waals surface area contributed by atoms with E-state index in [1.165, 1.54) is 24.9 Å². The second-order valence-corrected chi connectivity index (χ2v) is 5.26. The first-order valence-electron chi connectivity index (χ1n) is 7.64. The van der Waals surface area contributed by atoms with E-state index in [1.807, 2.05) is 18.2 Å². The molecule has 1 unspecified atom stereocenters. The highest BCUT2D eigenvalue weighted by molar-refractivity contribution is 5.32. The summed E-state index contributed by atoms with van der Waals surface area (Å²) in [6, 6.07) is 10.5. The highest BCUT2D eigenvalue weighted by Crippen LogP contribution is 2.05. The van der Waals surface area contributed by atoms with Crippen LogP contribution >= 0.6 is 0 Å². The molecule has 1 rings (SSSR count). The molecule has 1 atom stereocenters. The van der Waals surface area contributed by atoms with E-state index in [9.17, 15) is 0 Å². The van der Waals surface area contributed by atoms with E-state index >= 15 is 0 Å². The van der Waals surface area contributed by atoms with Gasteiger partial charge in [0.2, 0.25) is 0 Å². The predicted molar refractivity (Wildman–Crippen MR) is 84.5 cm³/mol. The van der Waals surface area contributed by atoms with Gasteiger partial charge < -0.3 is 10.2 Å². The normalized spacial score (nSPS) is 12.3. The van der Waals surface area contributed by atoms with Crippen LogP contribution in [-0.2, 0) is 6.54 Å². The van der Waals surface area contributed by atoms with Gasteiger partial charge in [0.15, 0.2) is 0 Å². The van der Waals surface area contributed by atoms with Crippen LogP contribution in [-0.4, -0.2) is 30.6 Å². The van der Waals surface area contributed by atoms with Gasteiger partial charge in [0.25, 0.3) is 0 Å². The fourth-order valence-corrected chi connectivity index (χ4v) is 2.31. The average molecular weight is 273 g/mol. The van der Waals surface area contributed by atoms with Gasteiger partial charge in [-0.25, -0.2) is 0 Å². The van der Waals surface area contributed by atoms with Gasteiger partial charge >= 0.3 is 0 Å². The average Bonchev–Trinajstić information content (AvgIpc) is 2.49. The van der Waals surface area contributed by atoms with Crippen molar-refractivity contribution in [3.05, 3.63) is 35.4 Å². The largest absolute Gasteiger partial charge is 0.310 e. The molecule has 0 fully saturated rings. The molecule has 0 aliphatic rings. The van der Waals surface area contributed by atoms with E-state index in [1.54, 1.807) is 0 Å². The zero-order valence-electron chi connectivity index (χ0n) is 13.0. The summed E-state index contributed by atoms with van der Waals surface area (Å²) in [4.78, 5) is 2.46. The fraction of sp³-hybridized carbons (Fsp3) is 0.588. The molecule has 0 bridgehead atoms. The summed E-state index contributed by atoms with van der Waals surface area (Å²) in [5.74, 6) is 0. The van der Waals surface area contributed by atoms with Gasteiger partial charge in [0, 0.05) is 12.6 Å². The quantitative estimate of drug-likeness (QED) is 0.751. The van der Waals surface area contributed by atoms with Crippen LogP contribution in [0.4, 0.5) is 0 Å². The number of hydrogen-bond donors (Lipinski definition) is 1. The molecule has 20 heavy (non-hydrogen) atoms. The van der Waals surface area contributed by atoms with Crippen LogP contribution < -0.4 is 5.32 Å². The maximum atomic E-state index is 8.88. The van der Waals surface area contributed by atoms with Crippen LogP contribution in [0.2, 0.25) is 0 Å². The number of nitrogens with one attached hydrogen (secondary N) is 1. The van der Waals surface area contributed by atoms with Crippen molar-refractivity contribution in [1.82, 2.24) is 10.2 Å². The van der Waals surface area contributed by atoms with Gasteiger partial charge in [-0.05, 0) is 57.1 Å². The summed E-state index contributed by atoms with van der Waals surface area (Å²) >= 11 is 0. The lowest BCUT2D eigenvalue weighted by Gasteiger charge is -2.19. The van der Waals surface area contributed by atoms with E-state index < -0.39 is 0 Å². The van der Waals surface area contributed by atoms with Gasteiger partial charge in [-0.2, -0.15) is 5.26 Å². The molecule has 1 N–H and O–H groups in total. The van der Waals surface area contributed by atoms with Gasteiger partial charge in [-0.15, -0.1) is 0 Å². The Labute approximate surface area is 123 Å². The zero-order valence-corrected chi connectivity index (χ0v) is 13.0. The van der Waals surface area contributed by atoms with Crippen LogP contribution in [0, 0.1) is 11.3 Å². The Morgan fingerprint density at radius 3 is 2.70 bits per heavy atom. The van der Waals surface area contributed by atoms with Crippen LogP contribution in [0.25, 0.3) is 0 Å². The SMILES string of the molecule is CCN(CC)CCCC(C)NCc1cccc(C#N)c1. The molecule has 3 heteroatoms. The van der Waals surface area contributed by atoms with Crippen LogP contribution in [0.1, 0.15) is 44.7 Å². The van der Waals surface area contributed by atoms with Gasteiger partial charge in [-0.3, -0.25) is 0 Å². The summed E-state index contributed by atoms with van der Waals surface area (Å²) in [5, 5.41) is 12.4. The molecule has 0 aromatic heterocycles. The Balaban J connectivity index is 2.25. The lowest BCUT2D eigenvalue weighted by atomic mass is 10.1. The Hall–Kier alpha value is -1.37. The minimum atomic E-state index is 0.510. The molecule has 0 saturated heterocycles. The van der Waals surface area contributed by atoms with Crippen molar-refractivity contribution in [3.63, 3.8) is 0 Å². The molecule has 0 aliphatic heterocycles. The first kappa shape index (κ1) is 16.7. The fourth-order valence-electron chi connectivity index (χ4n) is 2.31. The number of rotatable bonds is 9. The Morgan fingerprint density at radius 2 is 2.05 bits per heavy atom. The number of hydrogen-bond acceptors (Lipinski definition) is 3. The predicted octanol–water partition coefficient (Wildman–Crippen LogP) is 3.16. The molecule has 3 nitrogen and oxygen atoms in total. The second-order valence-electron chi connectivity index (χ2n) is 5.26. The summed E-state index contributed by atoms with van der Waals surface area (Å²) in [7, 11) is 0. The lowest BCUT2D eigenvalue weighted by molar-refractivity contribution is 0.290. The minimum Gasteiger partial charge on any atom is -0.310 e. The van der Waals surface area contributed by atoms with Crippen molar-refractivity contribution in [3.8, 4) is 6.07 Å². The third kappa shape index (κ3) is 6.18. The third-order valence-corrected chi connectivity index (χ3v) is 3.72. The van der Waals surface area contributed by atoms with Crippen molar-refractivity contribution in [2.45, 2.75) is 46.2 Å². The molecule has 0 amide bonds. The van der Waals surface area contributed by atoms with E-state index in [0.29, 0.717) is 6.04 Å². The number of nitriles is 1. The first-order chi connectivity index (χ1) is 9.69. The number of benzene rings is 1. The first-order valence-corrected chi connectivity index (χ1v) is 7.64. The summed E-state index contributed by atoms with van der Waals surface area (Å²) in [6.45, 7) is 11.0. The molecule has 0 saturated carbocycles. The molecule has 1 aromatic carbocycles. The minimum absolute atomic E-state index is 0.510. The van der Waals surface area contributed by atoms with E-state index in [0.717, 1.165) is 25.2 Å². The van der Waals surface area contributed by atoms with Crippen molar-refractivity contribution < 1.29 is 0 Å². The van der Waals surface area contributed by atoms with E-state index in [4.69, 9.17) is 5.26 Å². The standard InChI is InChI=1S/C17H27N3/c1-4-20(5-2)11-7-8-15(3)19-14-17-10-6-9-16(12-17)13-18/h6,9-10,12,15,19H,4-5,7-8,11,14H2,1-3H3. The molecule has 0 spiro atoms. The van der Waals surface area contributed by atoms with Crippen LogP contribution in [0.5, 0.6) is 0 Å². The topological polar surface area (TPSA) is 39.1 Å². The molecule has 1 aromatic rings. The van der Waals surface area contributed by atoms with Crippen molar-refractivity contribution in [1.29, 1.82) is 5.26 Å². The maximum Gasteiger partial charge on any atom is 0.0991 e. The summed E-state index contributed by atoms with van der Waals surface area (Å²) < 4.78 is 0. The van der Waals surface area contributed by atoms with Crippen molar-refractivity contribution in [2.75, 3.05) is 19.6 Å². The lowest BCUT2D eigenvalue weighted by Crippen LogP contribution is -2.28. The van der Waals surface area contributed by atoms with Gasteiger partial charge in [-0.1, -0.05) is 26.0 Å². The van der Waals surface area contributed by atoms with Gasteiger partial charge in [0.1, 0.15) is 0 Å². The molecule has 0 aliphatic carbocycles. The Kier molecular flexibility index (Phi) is 7.94. The molecular weight excluding hydrogens is 246 g/mol. The molecule has 0 radical (unpaired) electrons. The molecule has 0 heterocycles. The summed E-state index contributed by atoms with van der Waals surface area (Å²) in [5.41, 5.74) is 1.91. The van der Waals surface area contributed by atoms with E-state index in [-0.39, 0.29) is 0 Å². The maximum absolute atomic E-state index is 8.88. The van der Waals surface area contributed by atoms with Crippen molar-refractivity contribution in [2.24, 2.45) is 0 Å². The monoisotopic (exact) mass is 273 g/mol. The molecular formula is C17H27N3. The Morgan fingerprint density at radius 1 is 1.30 bits per heavy atom.